The molecule has 0 aliphatic heterocycles. The van der Waals surface area contributed by atoms with Gasteiger partial charge in [0.05, 0.1) is 0 Å². The number of aryl methyl sites for hydroxylation is 1. The van der Waals surface area contributed by atoms with Gasteiger partial charge < -0.3 is 9.52 Å². The molecule has 0 amide bonds. The smallest absolute Gasteiger partial charge is 0.372 e. The Balaban J connectivity index is 2.83. The summed E-state index contributed by atoms with van der Waals surface area (Å²) in [4.78, 5) is 11.5. The molecule has 0 saturated heterocycles. The first-order valence-electron chi connectivity index (χ1n) is 7.11. The lowest BCUT2D eigenvalue weighted by atomic mass is 9.93. The molecule has 3 nitrogen and oxygen atoms in total. The standard InChI is InChI=1S/C17H22O3/c1-9(2)8-13-14-11(5)6-7-12(10(3)4)15(14)20-16(13)17(18)19/h6-7,9-10H,8H2,1-5H3,(H,18,19). The molecule has 1 N–H and O–H groups in total. The SMILES string of the molecule is Cc1ccc(C(C)C)c2oc(C(=O)O)c(CC(C)C)c12. The molecule has 0 spiro atoms. The van der Waals surface area contributed by atoms with E-state index in [4.69, 9.17) is 4.42 Å². The van der Waals surface area contributed by atoms with Gasteiger partial charge in [-0.25, -0.2) is 4.79 Å². The maximum Gasteiger partial charge on any atom is 0.372 e. The summed E-state index contributed by atoms with van der Waals surface area (Å²) in [5, 5.41) is 10.4. The first-order valence-corrected chi connectivity index (χ1v) is 7.11. The second-order valence-corrected chi connectivity index (χ2v) is 6.14. The van der Waals surface area contributed by atoms with Gasteiger partial charge in [-0.05, 0) is 36.3 Å². The third kappa shape index (κ3) is 2.45. The van der Waals surface area contributed by atoms with Crippen LogP contribution in [0.25, 0.3) is 11.0 Å². The zero-order valence-electron chi connectivity index (χ0n) is 12.8. The van der Waals surface area contributed by atoms with Crippen molar-refractivity contribution in [1.82, 2.24) is 0 Å². The Bertz CT molecular complexity index is 648. The van der Waals surface area contributed by atoms with Gasteiger partial charge in [-0.3, -0.25) is 0 Å². The molecular weight excluding hydrogens is 252 g/mol. The predicted octanol–water partition coefficient (Wildman–Crippen LogP) is 4.76. The third-order valence-corrected chi connectivity index (χ3v) is 3.61. The van der Waals surface area contributed by atoms with Crippen LogP contribution in [0.3, 0.4) is 0 Å². The van der Waals surface area contributed by atoms with Crippen LogP contribution < -0.4 is 0 Å². The largest absolute Gasteiger partial charge is 0.475 e. The van der Waals surface area contributed by atoms with Crippen LogP contribution >= 0.6 is 0 Å². The molecule has 0 unspecified atom stereocenters. The zero-order valence-corrected chi connectivity index (χ0v) is 12.8. The number of carboxylic acid groups (broad SMARTS) is 1. The number of furan rings is 1. The van der Waals surface area contributed by atoms with Gasteiger partial charge in [0.15, 0.2) is 0 Å². The maximum atomic E-state index is 11.5. The molecule has 1 aromatic carbocycles. The maximum absolute atomic E-state index is 11.5. The molecule has 0 aliphatic rings. The summed E-state index contributed by atoms with van der Waals surface area (Å²) in [7, 11) is 0. The zero-order chi connectivity index (χ0) is 15.0. The van der Waals surface area contributed by atoms with Gasteiger partial charge in [-0.15, -0.1) is 0 Å². The normalized spacial score (nSPS) is 11.8. The Hall–Kier alpha value is -1.77. The molecule has 0 aliphatic carbocycles. The van der Waals surface area contributed by atoms with Gasteiger partial charge in [0.25, 0.3) is 0 Å². The van der Waals surface area contributed by atoms with Crippen LogP contribution in [0.2, 0.25) is 0 Å². The van der Waals surface area contributed by atoms with Gasteiger partial charge in [0.1, 0.15) is 5.58 Å². The van der Waals surface area contributed by atoms with Crippen LogP contribution in [0.1, 0.15) is 60.9 Å². The molecule has 1 aromatic heterocycles. The fraction of sp³-hybridized carbons (Fsp3) is 0.471. The van der Waals surface area contributed by atoms with Gasteiger partial charge in [0.2, 0.25) is 5.76 Å². The lowest BCUT2D eigenvalue weighted by Crippen LogP contribution is -2.02. The predicted molar refractivity (Wildman–Crippen MR) is 80.5 cm³/mol. The lowest BCUT2D eigenvalue weighted by Gasteiger charge is -2.09. The van der Waals surface area contributed by atoms with E-state index in [-0.39, 0.29) is 5.76 Å². The summed E-state index contributed by atoms with van der Waals surface area (Å²) in [6.45, 7) is 10.4. The van der Waals surface area contributed by atoms with Crippen LogP contribution in [0.5, 0.6) is 0 Å². The number of hydrogen-bond donors (Lipinski definition) is 1. The van der Waals surface area contributed by atoms with E-state index in [0.717, 1.165) is 34.1 Å². The molecule has 0 saturated carbocycles. The topological polar surface area (TPSA) is 50.4 Å². The summed E-state index contributed by atoms with van der Waals surface area (Å²) in [5.41, 5.74) is 3.73. The molecule has 0 bridgehead atoms. The quantitative estimate of drug-likeness (QED) is 0.874. The molecule has 2 rings (SSSR count). The Morgan fingerprint density at radius 1 is 1.25 bits per heavy atom. The first-order chi connectivity index (χ1) is 9.32. The number of fused-ring (bicyclic) bond motifs is 1. The number of carbonyl (C=O) groups is 1. The average Bonchev–Trinajstić information content (AvgIpc) is 2.68. The van der Waals surface area contributed by atoms with Crippen LogP contribution in [0.4, 0.5) is 0 Å². The minimum atomic E-state index is -0.981. The van der Waals surface area contributed by atoms with Crippen molar-refractivity contribution < 1.29 is 14.3 Å². The summed E-state index contributed by atoms with van der Waals surface area (Å²) in [5.74, 6) is -0.190. The van der Waals surface area contributed by atoms with Crippen molar-refractivity contribution >= 4 is 16.9 Å². The summed E-state index contributed by atoms with van der Waals surface area (Å²) < 4.78 is 5.74. The molecule has 0 fully saturated rings. The van der Waals surface area contributed by atoms with Gasteiger partial charge in [-0.1, -0.05) is 39.8 Å². The van der Waals surface area contributed by atoms with Crippen LogP contribution in [-0.4, -0.2) is 11.1 Å². The first kappa shape index (κ1) is 14.6. The monoisotopic (exact) mass is 274 g/mol. The lowest BCUT2D eigenvalue weighted by molar-refractivity contribution is 0.0663. The van der Waals surface area contributed by atoms with Gasteiger partial charge in [0, 0.05) is 10.9 Å². The Kier molecular flexibility index (Phi) is 3.89. The second-order valence-electron chi connectivity index (χ2n) is 6.14. The van der Waals surface area contributed by atoms with Crippen molar-refractivity contribution in [3.63, 3.8) is 0 Å². The molecule has 108 valence electrons. The second kappa shape index (κ2) is 5.31. The van der Waals surface area contributed by atoms with Crippen LogP contribution in [0, 0.1) is 12.8 Å². The Morgan fingerprint density at radius 2 is 1.90 bits per heavy atom. The molecule has 2 aromatic rings. The highest BCUT2D eigenvalue weighted by molar-refractivity contribution is 5.97. The van der Waals surface area contributed by atoms with Gasteiger partial charge >= 0.3 is 5.97 Å². The van der Waals surface area contributed by atoms with Crippen molar-refractivity contribution in [1.29, 1.82) is 0 Å². The average molecular weight is 274 g/mol. The van der Waals surface area contributed by atoms with Crippen LogP contribution in [-0.2, 0) is 6.42 Å². The fourth-order valence-electron chi connectivity index (χ4n) is 2.69. The minimum absolute atomic E-state index is 0.102. The van der Waals surface area contributed by atoms with Crippen molar-refractivity contribution in [2.75, 3.05) is 0 Å². The summed E-state index contributed by atoms with van der Waals surface area (Å²) in [6.07, 6.45) is 0.719. The van der Waals surface area contributed by atoms with E-state index in [0.29, 0.717) is 11.8 Å². The van der Waals surface area contributed by atoms with Gasteiger partial charge in [-0.2, -0.15) is 0 Å². The highest BCUT2D eigenvalue weighted by atomic mass is 16.4. The Labute approximate surface area is 119 Å². The molecule has 0 atom stereocenters. The molecule has 20 heavy (non-hydrogen) atoms. The molecule has 3 heteroatoms. The van der Waals surface area contributed by atoms with E-state index in [2.05, 4.69) is 33.8 Å². The number of aromatic carboxylic acids is 1. The summed E-state index contributed by atoms with van der Waals surface area (Å²) in [6, 6.07) is 4.10. The van der Waals surface area contributed by atoms with Crippen LogP contribution in [0.15, 0.2) is 16.5 Å². The number of benzene rings is 1. The highest BCUT2D eigenvalue weighted by Gasteiger charge is 2.24. The van der Waals surface area contributed by atoms with E-state index >= 15 is 0 Å². The van der Waals surface area contributed by atoms with Crippen molar-refractivity contribution in [2.24, 2.45) is 5.92 Å². The number of carboxylic acids is 1. The van der Waals surface area contributed by atoms with Crippen molar-refractivity contribution in [3.8, 4) is 0 Å². The van der Waals surface area contributed by atoms with Crippen molar-refractivity contribution in [2.45, 2.75) is 47.0 Å². The molecule has 0 radical (unpaired) electrons. The highest BCUT2D eigenvalue weighted by Crippen LogP contribution is 2.35. The number of rotatable bonds is 4. The summed E-state index contributed by atoms with van der Waals surface area (Å²) >= 11 is 0. The number of hydrogen-bond acceptors (Lipinski definition) is 2. The molecular formula is C17H22O3. The van der Waals surface area contributed by atoms with E-state index in [9.17, 15) is 9.90 Å². The Morgan fingerprint density at radius 3 is 2.40 bits per heavy atom. The molecule has 1 heterocycles. The van der Waals surface area contributed by atoms with E-state index in [1.54, 1.807) is 0 Å². The van der Waals surface area contributed by atoms with E-state index < -0.39 is 5.97 Å². The van der Waals surface area contributed by atoms with E-state index in [1.165, 1.54) is 0 Å². The third-order valence-electron chi connectivity index (χ3n) is 3.61. The fourth-order valence-corrected chi connectivity index (χ4v) is 2.69. The minimum Gasteiger partial charge on any atom is -0.475 e. The van der Waals surface area contributed by atoms with E-state index in [1.807, 2.05) is 13.0 Å². The van der Waals surface area contributed by atoms with Crippen molar-refractivity contribution in [3.05, 3.63) is 34.6 Å².